The molecule has 2 amide bonds. The molecule has 26 heavy (non-hydrogen) atoms. The number of amides is 2. The molecule has 1 aromatic heterocycles. The monoisotopic (exact) mass is 430 g/mol. The topological polar surface area (TPSA) is 107 Å². The molecule has 1 aliphatic rings. The van der Waals surface area contributed by atoms with Crippen LogP contribution in [0.2, 0.25) is 0 Å². The second kappa shape index (κ2) is 13.2. The van der Waals surface area contributed by atoms with E-state index in [0.29, 0.717) is 13.1 Å². The summed E-state index contributed by atoms with van der Waals surface area (Å²) >= 11 is 0. The number of carbonyl (C=O) groups is 2. The molecule has 0 bridgehead atoms. The van der Waals surface area contributed by atoms with Crippen LogP contribution in [0.3, 0.4) is 0 Å². The molecule has 8 nitrogen and oxygen atoms in total. The Morgan fingerprint density at radius 1 is 1.23 bits per heavy atom. The zero-order valence-electron chi connectivity index (χ0n) is 15.0. The van der Waals surface area contributed by atoms with Crippen LogP contribution in [-0.4, -0.2) is 70.3 Å². The van der Waals surface area contributed by atoms with Gasteiger partial charge in [-0.05, 0) is 5.92 Å². The minimum absolute atomic E-state index is 0. The zero-order chi connectivity index (χ0) is 16.8. The number of imidazole rings is 1. The minimum atomic E-state index is -0.576. The molecule has 4 N–H and O–H groups in total. The van der Waals surface area contributed by atoms with Gasteiger partial charge in [0.15, 0.2) is 0 Å². The number of hydrogen-bond donors (Lipinski definition) is 3. The van der Waals surface area contributed by atoms with Crippen LogP contribution in [0.1, 0.15) is 19.7 Å². The fraction of sp³-hybridized carbons (Fsp3) is 0.667. The summed E-state index contributed by atoms with van der Waals surface area (Å²) in [6.45, 7) is 7.44. The molecule has 1 saturated heterocycles. The molecule has 2 heterocycles. The quantitative estimate of drug-likeness (QED) is 0.605. The Balaban J connectivity index is 0. The molecular formula is C15H29Cl3N6O2. The molecule has 2 rings (SSSR count). The largest absolute Gasteiger partial charge is 0.348 e. The summed E-state index contributed by atoms with van der Waals surface area (Å²) in [5, 5.41) is 2.62. The lowest BCUT2D eigenvalue weighted by Gasteiger charge is -2.34. The Labute approximate surface area is 172 Å². The summed E-state index contributed by atoms with van der Waals surface area (Å²) < 4.78 is 0. The summed E-state index contributed by atoms with van der Waals surface area (Å²) in [6, 6.07) is -0.576. The second-order valence-corrected chi connectivity index (χ2v) is 6.18. The first kappa shape index (κ1) is 27.2. The fourth-order valence-corrected chi connectivity index (χ4v) is 2.45. The van der Waals surface area contributed by atoms with E-state index >= 15 is 0 Å². The van der Waals surface area contributed by atoms with Gasteiger partial charge >= 0.3 is 0 Å². The van der Waals surface area contributed by atoms with Crippen molar-refractivity contribution >= 4 is 49.0 Å². The van der Waals surface area contributed by atoms with Gasteiger partial charge in [-0.15, -0.1) is 37.2 Å². The molecule has 0 aliphatic carbocycles. The van der Waals surface area contributed by atoms with Crippen LogP contribution in [0.25, 0.3) is 0 Å². The Morgan fingerprint density at radius 2 is 1.85 bits per heavy atom. The molecule has 1 fully saturated rings. The van der Waals surface area contributed by atoms with Gasteiger partial charge in [0.1, 0.15) is 5.82 Å². The summed E-state index contributed by atoms with van der Waals surface area (Å²) in [5.74, 6) is 0.645. The van der Waals surface area contributed by atoms with Gasteiger partial charge in [-0.1, -0.05) is 13.8 Å². The van der Waals surface area contributed by atoms with Gasteiger partial charge in [0.2, 0.25) is 11.8 Å². The number of H-pyrrole nitrogens is 1. The number of nitrogens with zero attached hydrogens (tertiary/aromatic N) is 3. The Morgan fingerprint density at radius 3 is 2.35 bits per heavy atom. The normalized spacial score (nSPS) is 15.3. The van der Waals surface area contributed by atoms with E-state index in [0.717, 1.165) is 25.5 Å². The van der Waals surface area contributed by atoms with Gasteiger partial charge in [-0.3, -0.25) is 14.5 Å². The van der Waals surface area contributed by atoms with Crippen molar-refractivity contribution in [2.75, 3.05) is 32.7 Å². The van der Waals surface area contributed by atoms with Gasteiger partial charge in [0.25, 0.3) is 0 Å². The van der Waals surface area contributed by atoms with Crippen LogP contribution in [0.15, 0.2) is 12.4 Å². The molecule has 0 saturated carbocycles. The minimum Gasteiger partial charge on any atom is -0.348 e. The highest BCUT2D eigenvalue weighted by atomic mass is 35.5. The first-order valence-electron chi connectivity index (χ1n) is 7.99. The lowest BCUT2D eigenvalue weighted by Crippen LogP contribution is -2.52. The van der Waals surface area contributed by atoms with Crippen LogP contribution in [-0.2, 0) is 16.1 Å². The lowest BCUT2D eigenvalue weighted by atomic mass is 10.1. The van der Waals surface area contributed by atoms with Crippen molar-refractivity contribution in [2.24, 2.45) is 11.7 Å². The van der Waals surface area contributed by atoms with Crippen molar-refractivity contribution in [2.45, 2.75) is 26.4 Å². The predicted octanol–water partition coefficient (Wildman–Crippen LogP) is 0.419. The van der Waals surface area contributed by atoms with Crippen LogP contribution in [0.5, 0.6) is 0 Å². The third kappa shape index (κ3) is 8.09. The van der Waals surface area contributed by atoms with E-state index in [1.165, 1.54) is 0 Å². The molecule has 1 aromatic rings. The first-order valence-corrected chi connectivity index (χ1v) is 7.99. The molecule has 0 spiro atoms. The van der Waals surface area contributed by atoms with Crippen molar-refractivity contribution in [3.8, 4) is 0 Å². The average Bonchev–Trinajstić information content (AvgIpc) is 3.05. The van der Waals surface area contributed by atoms with E-state index in [1.54, 1.807) is 17.3 Å². The standard InChI is InChI=1S/C15H26N6O2.3ClH/c1-11(2)14(16)15(23)19-9-13(22)21-7-5-20(6-8-21)10-12-17-3-4-18-12;;;/h3-4,11,14H,5-10,16H2,1-2H3,(H,17,18)(H,19,23);3*1H/t14-;;;/m0.../s1. The molecule has 1 aliphatic heterocycles. The van der Waals surface area contributed by atoms with Crippen molar-refractivity contribution in [1.29, 1.82) is 0 Å². The summed E-state index contributed by atoms with van der Waals surface area (Å²) in [4.78, 5) is 35.2. The maximum absolute atomic E-state index is 12.2. The van der Waals surface area contributed by atoms with Crippen LogP contribution >= 0.6 is 37.2 Å². The number of aromatic amines is 1. The highest BCUT2D eigenvalue weighted by Gasteiger charge is 2.23. The van der Waals surface area contributed by atoms with E-state index in [-0.39, 0.29) is 61.5 Å². The van der Waals surface area contributed by atoms with Crippen LogP contribution in [0, 0.1) is 5.92 Å². The molecule has 0 aromatic carbocycles. The predicted molar refractivity (Wildman–Crippen MR) is 108 cm³/mol. The SMILES string of the molecule is CC(C)[C@H](N)C(=O)NCC(=O)N1CCN(Cc2ncc[nH]2)CC1.Cl.Cl.Cl. The molecule has 0 radical (unpaired) electrons. The van der Waals surface area contributed by atoms with E-state index in [1.807, 2.05) is 13.8 Å². The first-order chi connectivity index (χ1) is 11.0. The van der Waals surface area contributed by atoms with E-state index in [2.05, 4.69) is 20.2 Å². The summed E-state index contributed by atoms with van der Waals surface area (Å²) in [6.07, 6.45) is 3.54. The molecular weight excluding hydrogens is 403 g/mol. The Kier molecular flexibility index (Phi) is 13.7. The lowest BCUT2D eigenvalue weighted by molar-refractivity contribution is -0.134. The van der Waals surface area contributed by atoms with Gasteiger partial charge < -0.3 is 20.9 Å². The number of nitrogens with two attached hydrogens (primary N) is 1. The zero-order valence-corrected chi connectivity index (χ0v) is 17.5. The third-order valence-corrected chi connectivity index (χ3v) is 4.09. The average molecular weight is 432 g/mol. The maximum Gasteiger partial charge on any atom is 0.242 e. The summed E-state index contributed by atoms with van der Waals surface area (Å²) in [5.41, 5.74) is 5.75. The number of hydrogen-bond acceptors (Lipinski definition) is 5. The van der Waals surface area contributed by atoms with Gasteiger partial charge in [0, 0.05) is 38.6 Å². The third-order valence-electron chi connectivity index (χ3n) is 4.09. The smallest absolute Gasteiger partial charge is 0.242 e. The molecule has 0 unspecified atom stereocenters. The van der Waals surface area contributed by atoms with Crippen molar-refractivity contribution in [3.63, 3.8) is 0 Å². The van der Waals surface area contributed by atoms with E-state index in [9.17, 15) is 9.59 Å². The van der Waals surface area contributed by atoms with Gasteiger partial charge in [0.05, 0.1) is 19.1 Å². The number of halogens is 3. The molecule has 11 heteroatoms. The van der Waals surface area contributed by atoms with Gasteiger partial charge in [-0.25, -0.2) is 4.98 Å². The van der Waals surface area contributed by atoms with Crippen molar-refractivity contribution in [1.82, 2.24) is 25.1 Å². The van der Waals surface area contributed by atoms with Crippen LogP contribution < -0.4 is 11.1 Å². The highest BCUT2D eigenvalue weighted by Crippen LogP contribution is 2.05. The Hall–Kier alpha value is -1.06. The van der Waals surface area contributed by atoms with Gasteiger partial charge in [-0.2, -0.15) is 0 Å². The van der Waals surface area contributed by atoms with E-state index in [4.69, 9.17) is 5.73 Å². The molecule has 152 valence electrons. The highest BCUT2D eigenvalue weighted by molar-refractivity contribution is 5.87. The number of carbonyl (C=O) groups excluding carboxylic acids is 2. The molecule has 1 atom stereocenters. The van der Waals surface area contributed by atoms with Crippen LogP contribution in [0.4, 0.5) is 0 Å². The summed E-state index contributed by atoms with van der Waals surface area (Å²) in [7, 11) is 0. The number of aromatic nitrogens is 2. The fourth-order valence-electron chi connectivity index (χ4n) is 2.45. The Bertz CT molecular complexity index is 521. The number of piperazine rings is 1. The van der Waals surface area contributed by atoms with Crippen molar-refractivity contribution in [3.05, 3.63) is 18.2 Å². The van der Waals surface area contributed by atoms with Crippen molar-refractivity contribution < 1.29 is 9.59 Å². The number of nitrogens with one attached hydrogen (secondary N) is 2. The maximum atomic E-state index is 12.2. The second-order valence-electron chi connectivity index (χ2n) is 6.18. The number of rotatable bonds is 6. The van der Waals surface area contributed by atoms with E-state index < -0.39 is 6.04 Å².